The predicted octanol–water partition coefficient (Wildman–Crippen LogP) is 3.59. The molecule has 0 aliphatic carbocycles. The van der Waals surface area contributed by atoms with Crippen LogP contribution in [-0.4, -0.2) is 18.6 Å². The van der Waals surface area contributed by atoms with Gasteiger partial charge in [-0.05, 0) is 49.1 Å². The Balaban J connectivity index is 2.13. The standard InChI is InChI=1S/C13H19F2NS/c1-17-6-4-2-3-5-16-10-11-7-12(14)9-13(15)8-11/h7-9,16H,2-6,10H2,1H3. The quantitative estimate of drug-likeness (QED) is 0.716. The van der Waals surface area contributed by atoms with Gasteiger partial charge in [-0.3, -0.25) is 0 Å². The maximum Gasteiger partial charge on any atom is 0.126 e. The molecule has 0 unspecified atom stereocenters. The number of rotatable bonds is 8. The van der Waals surface area contributed by atoms with Gasteiger partial charge in [0.15, 0.2) is 0 Å². The predicted molar refractivity (Wildman–Crippen MR) is 70.3 cm³/mol. The van der Waals surface area contributed by atoms with Gasteiger partial charge in [-0.2, -0.15) is 11.8 Å². The average molecular weight is 259 g/mol. The van der Waals surface area contributed by atoms with Gasteiger partial charge in [0.25, 0.3) is 0 Å². The van der Waals surface area contributed by atoms with Gasteiger partial charge in [0.05, 0.1) is 0 Å². The maximum absolute atomic E-state index is 12.9. The summed E-state index contributed by atoms with van der Waals surface area (Å²) in [6, 6.07) is 3.62. The van der Waals surface area contributed by atoms with Crippen LogP contribution < -0.4 is 5.32 Å². The van der Waals surface area contributed by atoms with Crippen LogP contribution >= 0.6 is 11.8 Å². The minimum Gasteiger partial charge on any atom is -0.313 e. The van der Waals surface area contributed by atoms with Crippen LogP contribution in [-0.2, 0) is 6.54 Å². The number of hydrogen-bond donors (Lipinski definition) is 1. The van der Waals surface area contributed by atoms with E-state index in [-0.39, 0.29) is 0 Å². The molecule has 0 aliphatic rings. The minimum atomic E-state index is -0.512. The molecule has 96 valence electrons. The van der Waals surface area contributed by atoms with Gasteiger partial charge in [-0.15, -0.1) is 0 Å². The first-order valence-electron chi connectivity index (χ1n) is 5.87. The van der Waals surface area contributed by atoms with Crippen molar-refractivity contribution in [3.8, 4) is 0 Å². The van der Waals surface area contributed by atoms with Crippen molar-refractivity contribution in [2.24, 2.45) is 0 Å². The Morgan fingerprint density at radius 1 is 1.06 bits per heavy atom. The van der Waals surface area contributed by atoms with Crippen LogP contribution in [0.25, 0.3) is 0 Å². The fourth-order valence-electron chi connectivity index (χ4n) is 1.62. The Morgan fingerprint density at radius 2 is 1.76 bits per heavy atom. The van der Waals surface area contributed by atoms with Gasteiger partial charge in [0.1, 0.15) is 11.6 Å². The molecule has 0 atom stereocenters. The molecule has 17 heavy (non-hydrogen) atoms. The Kier molecular flexibility index (Phi) is 7.21. The molecule has 0 bridgehead atoms. The maximum atomic E-state index is 12.9. The molecule has 0 aromatic heterocycles. The lowest BCUT2D eigenvalue weighted by atomic mass is 10.2. The summed E-state index contributed by atoms with van der Waals surface area (Å²) in [5, 5.41) is 3.19. The van der Waals surface area contributed by atoms with Gasteiger partial charge in [-0.25, -0.2) is 8.78 Å². The van der Waals surface area contributed by atoms with Crippen molar-refractivity contribution in [1.82, 2.24) is 5.32 Å². The molecule has 0 amide bonds. The Hall–Kier alpha value is -0.610. The minimum absolute atomic E-state index is 0.512. The summed E-state index contributed by atoms with van der Waals surface area (Å²) in [4.78, 5) is 0. The third-order valence-electron chi connectivity index (χ3n) is 2.45. The van der Waals surface area contributed by atoms with E-state index >= 15 is 0 Å². The molecule has 1 N–H and O–H groups in total. The zero-order chi connectivity index (χ0) is 12.5. The second-order valence-corrected chi connectivity index (χ2v) is 4.99. The molecule has 4 heteroatoms. The van der Waals surface area contributed by atoms with Crippen molar-refractivity contribution in [3.05, 3.63) is 35.4 Å². The second-order valence-electron chi connectivity index (χ2n) is 4.01. The smallest absolute Gasteiger partial charge is 0.126 e. The van der Waals surface area contributed by atoms with Crippen molar-refractivity contribution in [3.63, 3.8) is 0 Å². The van der Waals surface area contributed by atoms with E-state index in [1.807, 2.05) is 11.8 Å². The number of hydrogen-bond acceptors (Lipinski definition) is 2. The highest BCUT2D eigenvalue weighted by Gasteiger charge is 1.99. The van der Waals surface area contributed by atoms with E-state index in [0.29, 0.717) is 12.1 Å². The molecular weight excluding hydrogens is 240 g/mol. The third-order valence-corrected chi connectivity index (χ3v) is 3.15. The van der Waals surface area contributed by atoms with Crippen molar-refractivity contribution >= 4 is 11.8 Å². The molecule has 1 rings (SSSR count). The van der Waals surface area contributed by atoms with Crippen LogP contribution in [0.3, 0.4) is 0 Å². The number of nitrogens with one attached hydrogen (secondary N) is 1. The average Bonchev–Trinajstić information content (AvgIpc) is 2.26. The molecule has 0 saturated carbocycles. The Morgan fingerprint density at radius 3 is 2.41 bits per heavy atom. The Bertz CT molecular complexity index is 311. The van der Waals surface area contributed by atoms with Gasteiger partial charge >= 0.3 is 0 Å². The second kappa shape index (κ2) is 8.48. The first-order valence-corrected chi connectivity index (χ1v) is 7.26. The highest BCUT2D eigenvalue weighted by atomic mass is 32.2. The number of halogens is 2. The highest BCUT2D eigenvalue weighted by molar-refractivity contribution is 7.98. The lowest BCUT2D eigenvalue weighted by molar-refractivity contribution is 0.571. The fourth-order valence-corrected chi connectivity index (χ4v) is 2.11. The number of unbranched alkanes of at least 4 members (excludes halogenated alkanes) is 2. The van der Waals surface area contributed by atoms with Gasteiger partial charge in [0, 0.05) is 12.6 Å². The van der Waals surface area contributed by atoms with Crippen LogP contribution in [0.1, 0.15) is 24.8 Å². The molecule has 0 spiro atoms. The third kappa shape index (κ3) is 6.64. The largest absolute Gasteiger partial charge is 0.313 e. The van der Waals surface area contributed by atoms with E-state index in [4.69, 9.17) is 0 Å². The molecule has 0 radical (unpaired) electrons. The normalized spacial score (nSPS) is 10.8. The molecule has 0 saturated heterocycles. The van der Waals surface area contributed by atoms with Crippen LogP contribution in [0, 0.1) is 11.6 Å². The Labute approximate surface area is 106 Å². The van der Waals surface area contributed by atoms with E-state index < -0.39 is 11.6 Å². The van der Waals surface area contributed by atoms with E-state index in [0.717, 1.165) is 19.0 Å². The van der Waals surface area contributed by atoms with E-state index in [1.54, 1.807) is 0 Å². The summed E-state index contributed by atoms with van der Waals surface area (Å²) in [6.07, 6.45) is 5.65. The molecule has 0 aliphatic heterocycles. The zero-order valence-corrected chi connectivity index (χ0v) is 11.0. The SMILES string of the molecule is CSCCCCCNCc1cc(F)cc(F)c1. The first kappa shape index (κ1) is 14.5. The van der Waals surface area contributed by atoms with Crippen LogP contribution in [0.4, 0.5) is 8.78 Å². The summed E-state index contributed by atoms with van der Waals surface area (Å²) in [6.45, 7) is 1.42. The molecular formula is C13H19F2NS. The van der Waals surface area contributed by atoms with Crippen molar-refractivity contribution < 1.29 is 8.78 Å². The summed E-state index contributed by atoms with van der Waals surface area (Å²) < 4.78 is 25.7. The zero-order valence-electron chi connectivity index (χ0n) is 10.1. The lowest BCUT2D eigenvalue weighted by Crippen LogP contribution is -2.15. The molecule has 1 aromatic rings. The number of benzene rings is 1. The summed E-state index contributed by atoms with van der Waals surface area (Å²) in [7, 11) is 0. The summed E-state index contributed by atoms with van der Waals surface area (Å²) in [5.41, 5.74) is 0.659. The topological polar surface area (TPSA) is 12.0 Å². The molecule has 0 heterocycles. The summed E-state index contributed by atoms with van der Waals surface area (Å²) >= 11 is 1.86. The van der Waals surface area contributed by atoms with Crippen LogP contribution in [0.2, 0.25) is 0 Å². The fraction of sp³-hybridized carbons (Fsp3) is 0.538. The van der Waals surface area contributed by atoms with E-state index in [1.165, 1.54) is 30.7 Å². The summed E-state index contributed by atoms with van der Waals surface area (Å²) in [5.74, 6) is 0.179. The van der Waals surface area contributed by atoms with Crippen molar-refractivity contribution in [1.29, 1.82) is 0 Å². The molecule has 1 aromatic carbocycles. The van der Waals surface area contributed by atoms with Crippen LogP contribution in [0.15, 0.2) is 18.2 Å². The van der Waals surface area contributed by atoms with Gasteiger partial charge in [-0.1, -0.05) is 6.42 Å². The van der Waals surface area contributed by atoms with Crippen LogP contribution in [0.5, 0.6) is 0 Å². The first-order chi connectivity index (χ1) is 8.22. The highest BCUT2D eigenvalue weighted by Crippen LogP contribution is 2.07. The number of thioether (sulfide) groups is 1. The monoisotopic (exact) mass is 259 g/mol. The van der Waals surface area contributed by atoms with E-state index in [9.17, 15) is 8.78 Å². The molecule has 1 nitrogen and oxygen atoms in total. The molecule has 0 fully saturated rings. The van der Waals surface area contributed by atoms with Crippen molar-refractivity contribution in [2.75, 3.05) is 18.6 Å². The van der Waals surface area contributed by atoms with Crippen molar-refractivity contribution in [2.45, 2.75) is 25.8 Å². The lowest BCUT2D eigenvalue weighted by Gasteiger charge is -2.05. The van der Waals surface area contributed by atoms with Gasteiger partial charge < -0.3 is 5.32 Å². The van der Waals surface area contributed by atoms with E-state index in [2.05, 4.69) is 11.6 Å². The van der Waals surface area contributed by atoms with Gasteiger partial charge in [0.2, 0.25) is 0 Å².